The van der Waals surface area contributed by atoms with E-state index in [2.05, 4.69) is 15.9 Å². The lowest BCUT2D eigenvalue weighted by Gasteiger charge is -1.79. The third-order valence-electron chi connectivity index (χ3n) is 0.433. The normalized spacial score (nSPS) is 12.8. The minimum absolute atomic E-state index is 0.583. The zero-order valence-electron chi connectivity index (χ0n) is 4.46. The molecule has 0 amide bonds. The van der Waals surface area contributed by atoms with Crippen molar-refractivity contribution < 1.29 is 8.42 Å². The van der Waals surface area contributed by atoms with Gasteiger partial charge in [0.1, 0.15) is 0 Å². The largest absolute Gasteiger partial charge is 0.225 e. The lowest BCUT2D eigenvalue weighted by molar-refractivity contribution is 0.610. The molecule has 0 heterocycles. The molecule has 4 heteroatoms. The van der Waals surface area contributed by atoms with Gasteiger partial charge in [-0.25, -0.2) is 8.42 Å². The molecule has 48 valence electrons. The Bertz CT molecular complexity index is 168. The second kappa shape index (κ2) is 3.25. The number of alkyl halides is 1. The fraction of sp³-hybridized carbons (Fsp3) is 0.500. The minimum atomic E-state index is -2.90. The monoisotopic (exact) mass is 198 g/mol. The van der Waals surface area contributed by atoms with E-state index in [1.54, 1.807) is 0 Å². The SMILES string of the molecule is CS(=O)(=O)/C=C\CBr. The predicted octanol–water partition coefficient (Wildman–Crippen LogP) is 0.940. The smallest absolute Gasteiger partial charge is 0.168 e. The molecule has 0 saturated carbocycles. The van der Waals surface area contributed by atoms with E-state index in [-0.39, 0.29) is 0 Å². The summed E-state index contributed by atoms with van der Waals surface area (Å²) in [6.07, 6.45) is 2.70. The summed E-state index contributed by atoms with van der Waals surface area (Å²) in [7, 11) is -2.90. The second-order valence-electron chi connectivity index (χ2n) is 1.36. The first-order valence-electron chi connectivity index (χ1n) is 1.99. The number of allylic oxidation sites excluding steroid dienone is 1. The average Bonchev–Trinajstić information content (AvgIpc) is 1.59. The molecule has 0 aliphatic rings. The summed E-state index contributed by atoms with van der Waals surface area (Å²) in [5.41, 5.74) is 0. The maximum atomic E-state index is 10.3. The molecule has 0 aliphatic carbocycles. The van der Waals surface area contributed by atoms with Crippen molar-refractivity contribution in [3.63, 3.8) is 0 Å². The highest BCUT2D eigenvalue weighted by Crippen LogP contribution is 1.87. The van der Waals surface area contributed by atoms with Crippen molar-refractivity contribution in [3.8, 4) is 0 Å². The summed E-state index contributed by atoms with van der Waals surface area (Å²) in [6, 6.07) is 0. The molecule has 0 unspecified atom stereocenters. The van der Waals surface area contributed by atoms with E-state index < -0.39 is 9.84 Å². The second-order valence-corrected chi connectivity index (χ2v) is 3.93. The molecule has 0 aliphatic heterocycles. The Hall–Kier alpha value is 0.170. The molecule has 0 rings (SSSR count). The van der Waals surface area contributed by atoms with E-state index in [1.807, 2.05) is 0 Å². The fourth-order valence-electron chi connectivity index (χ4n) is 0.211. The van der Waals surface area contributed by atoms with Crippen LogP contribution in [-0.4, -0.2) is 20.0 Å². The zero-order valence-corrected chi connectivity index (χ0v) is 6.87. The Kier molecular flexibility index (Phi) is 3.31. The molecule has 0 fully saturated rings. The molecule has 0 bridgehead atoms. The van der Waals surface area contributed by atoms with Crippen molar-refractivity contribution in [1.29, 1.82) is 0 Å². The topological polar surface area (TPSA) is 34.1 Å². The lowest BCUT2D eigenvalue weighted by atomic mass is 10.8. The molecular formula is C4H7BrO2S. The van der Waals surface area contributed by atoms with Crippen LogP contribution in [0.5, 0.6) is 0 Å². The van der Waals surface area contributed by atoms with Crippen molar-refractivity contribution in [2.45, 2.75) is 0 Å². The molecule has 0 N–H and O–H groups in total. The minimum Gasteiger partial charge on any atom is -0.225 e. The van der Waals surface area contributed by atoms with Crippen LogP contribution in [0.1, 0.15) is 0 Å². The molecule has 0 atom stereocenters. The average molecular weight is 199 g/mol. The summed E-state index contributed by atoms with van der Waals surface area (Å²) in [5.74, 6) is 0. The highest BCUT2D eigenvalue weighted by molar-refractivity contribution is 9.09. The number of halogens is 1. The van der Waals surface area contributed by atoms with Gasteiger partial charge in [-0.3, -0.25) is 0 Å². The zero-order chi connectivity index (χ0) is 6.62. The van der Waals surface area contributed by atoms with Gasteiger partial charge < -0.3 is 0 Å². The van der Waals surface area contributed by atoms with Gasteiger partial charge in [-0.05, 0) is 0 Å². The van der Waals surface area contributed by atoms with Gasteiger partial charge in [0.25, 0.3) is 0 Å². The van der Waals surface area contributed by atoms with Gasteiger partial charge in [0, 0.05) is 17.0 Å². The first kappa shape index (κ1) is 8.17. The van der Waals surface area contributed by atoms with Crippen molar-refractivity contribution in [2.24, 2.45) is 0 Å². The lowest BCUT2D eigenvalue weighted by Crippen LogP contribution is -1.87. The van der Waals surface area contributed by atoms with E-state index in [1.165, 1.54) is 11.5 Å². The van der Waals surface area contributed by atoms with E-state index in [4.69, 9.17) is 0 Å². The van der Waals surface area contributed by atoms with Crippen LogP contribution in [0.25, 0.3) is 0 Å². The third kappa shape index (κ3) is 6.17. The van der Waals surface area contributed by atoms with Crippen LogP contribution in [0.15, 0.2) is 11.5 Å². The Balaban J connectivity index is 3.92. The van der Waals surface area contributed by atoms with Gasteiger partial charge >= 0.3 is 0 Å². The van der Waals surface area contributed by atoms with Crippen molar-refractivity contribution in [3.05, 3.63) is 11.5 Å². The molecule has 0 aromatic heterocycles. The maximum absolute atomic E-state index is 10.3. The predicted molar refractivity (Wildman–Crippen MR) is 37.8 cm³/mol. The Morgan fingerprint density at radius 3 is 2.25 bits per heavy atom. The van der Waals surface area contributed by atoms with Crippen LogP contribution in [-0.2, 0) is 9.84 Å². The Morgan fingerprint density at radius 1 is 1.62 bits per heavy atom. The third-order valence-corrected chi connectivity index (χ3v) is 1.49. The van der Waals surface area contributed by atoms with Crippen molar-refractivity contribution >= 4 is 25.8 Å². The van der Waals surface area contributed by atoms with Crippen molar-refractivity contribution in [2.75, 3.05) is 11.6 Å². The molecule has 0 aromatic carbocycles. The summed E-state index contributed by atoms with van der Waals surface area (Å²) < 4.78 is 20.6. The highest BCUT2D eigenvalue weighted by atomic mass is 79.9. The Morgan fingerprint density at radius 2 is 2.12 bits per heavy atom. The van der Waals surface area contributed by atoms with Gasteiger partial charge in [0.05, 0.1) is 0 Å². The first-order valence-corrected chi connectivity index (χ1v) is 5.06. The summed E-state index contributed by atoms with van der Waals surface area (Å²) >= 11 is 3.05. The quantitative estimate of drug-likeness (QED) is 0.620. The molecule has 2 nitrogen and oxygen atoms in total. The molecule has 0 aromatic rings. The number of rotatable bonds is 2. The van der Waals surface area contributed by atoms with Gasteiger partial charge in [0.2, 0.25) is 0 Å². The van der Waals surface area contributed by atoms with Gasteiger partial charge in [0.15, 0.2) is 9.84 Å². The molecule has 0 radical (unpaired) electrons. The van der Waals surface area contributed by atoms with E-state index in [9.17, 15) is 8.42 Å². The standard InChI is InChI=1S/C4H7BrO2S/c1-8(6,7)4-2-3-5/h2,4H,3H2,1H3/b4-2-. The molecule has 8 heavy (non-hydrogen) atoms. The molecule has 0 saturated heterocycles. The van der Waals surface area contributed by atoms with Crippen LogP contribution in [0.3, 0.4) is 0 Å². The van der Waals surface area contributed by atoms with E-state index in [0.29, 0.717) is 5.33 Å². The summed E-state index contributed by atoms with van der Waals surface area (Å²) in [4.78, 5) is 0. The van der Waals surface area contributed by atoms with E-state index >= 15 is 0 Å². The van der Waals surface area contributed by atoms with Crippen LogP contribution >= 0.6 is 15.9 Å². The maximum Gasteiger partial charge on any atom is 0.168 e. The fourth-order valence-corrected chi connectivity index (χ4v) is 1.09. The molecule has 0 spiro atoms. The number of hydrogen-bond acceptors (Lipinski definition) is 2. The van der Waals surface area contributed by atoms with Gasteiger partial charge in [-0.1, -0.05) is 22.0 Å². The van der Waals surface area contributed by atoms with Crippen LogP contribution in [0.4, 0.5) is 0 Å². The van der Waals surface area contributed by atoms with Gasteiger partial charge in [-0.15, -0.1) is 0 Å². The number of sulfone groups is 1. The van der Waals surface area contributed by atoms with Crippen LogP contribution in [0.2, 0.25) is 0 Å². The Labute approximate surface area is 57.6 Å². The van der Waals surface area contributed by atoms with Crippen LogP contribution < -0.4 is 0 Å². The first-order chi connectivity index (χ1) is 3.56. The highest BCUT2D eigenvalue weighted by Gasteiger charge is 1.88. The molecular weight excluding hydrogens is 192 g/mol. The summed E-state index contributed by atoms with van der Waals surface area (Å²) in [5, 5.41) is 1.75. The van der Waals surface area contributed by atoms with Crippen molar-refractivity contribution in [1.82, 2.24) is 0 Å². The van der Waals surface area contributed by atoms with Crippen LogP contribution in [0, 0.1) is 0 Å². The van der Waals surface area contributed by atoms with Gasteiger partial charge in [-0.2, -0.15) is 0 Å². The summed E-state index contributed by atoms with van der Waals surface area (Å²) in [6.45, 7) is 0. The number of hydrogen-bond donors (Lipinski definition) is 0. The van der Waals surface area contributed by atoms with E-state index in [0.717, 1.165) is 6.26 Å².